The van der Waals surface area contributed by atoms with Crippen molar-refractivity contribution in [1.82, 2.24) is 5.32 Å². The minimum Gasteiger partial charge on any atom is -0.302 e. The smallest absolute Gasteiger partial charge is 0.123 e. The maximum atomic E-state index is 12.9. The lowest BCUT2D eigenvalue weighted by Gasteiger charge is -2.14. The van der Waals surface area contributed by atoms with Gasteiger partial charge in [0.1, 0.15) is 5.82 Å². The third kappa shape index (κ3) is 1.75. The summed E-state index contributed by atoms with van der Waals surface area (Å²) in [5, 5.41) is 3.48. The lowest BCUT2D eigenvalue weighted by atomic mass is 9.94. The van der Waals surface area contributed by atoms with E-state index in [1.54, 1.807) is 0 Å². The van der Waals surface area contributed by atoms with Crippen molar-refractivity contribution in [3.63, 3.8) is 0 Å². The predicted molar refractivity (Wildman–Crippen MR) is 66.3 cm³/mol. The topological polar surface area (TPSA) is 12.0 Å². The number of hydrogen-bond acceptors (Lipinski definition) is 1. The molecule has 86 valence electrons. The minimum atomic E-state index is -0.184. The Balaban J connectivity index is 2.06. The molecule has 0 bridgehead atoms. The van der Waals surface area contributed by atoms with Crippen LogP contribution in [0.25, 0.3) is 0 Å². The average Bonchev–Trinajstić information content (AvgIpc) is 2.75. The summed E-state index contributed by atoms with van der Waals surface area (Å²) >= 11 is 0. The van der Waals surface area contributed by atoms with Gasteiger partial charge >= 0.3 is 0 Å². The molecule has 1 heterocycles. The molecule has 0 saturated carbocycles. The first-order valence-corrected chi connectivity index (χ1v) is 5.83. The van der Waals surface area contributed by atoms with Crippen LogP contribution in [0.15, 0.2) is 42.5 Å². The summed E-state index contributed by atoms with van der Waals surface area (Å²) < 4.78 is 12.9. The van der Waals surface area contributed by atoms with Crippen LogP contribution >= 0.6 is 0 Å². The number of nitrogens with one attached hydrogen (secondary N) is 1. The van der Waals surface area contributed by atoms with Crippen molar-refractivity contribution < 1.29 is 4.39 Å². The number of fused-ring (bicyclic) bond motifs is 1. The molecule has 2 aromatic carbocycles. The second-order valence-corrected chi connectivity index (χ2v) is 4.51. The molecule has 1 nitrogen and oxygen atoms in total. The van der Waals surface area contributed by atoms with Crippen molar-refractivity contribution in [3.8, 4) is 0 Å². The van der Waals surface area contributed by atoms with E-state index in [4.69, 9.17) is 0 Å². The lowest BCUT2D eigenvalue weighted by Crippen LogP contribution is -2.13. The van der Waals surface area contributed by atoms with E-state index in [0.717, 1.165) is 12.1 Å². The highest BCUT2D eigenvalue weighted by molar-refractivity contribution is 5.45. The molecule has 0 amide bonds. The van der Waals surface area contributed by atoms with Crippen LogP contribution in [-0.4, -0.2) is 0 Å². The van der Waals surface area contributed by atoms with Gasteiger partial charge in [-0.3, -0.25) is 0 Å². The molecule has 1 aliphatic heterocycles. The van der Waals surface area contributed by atoms with E-state index in [1.165, 1.54) is 28.8 Å². The Morgan fingerprint density at radius 1 is 1.12 bits per heavy atom. The number of aryl methyl sites for hydroxylation is 1. The normalized spacial score (nSPS) is 18.1. The van der Waals surface area contributed by atoms with Gasteiger partial charge in [0.2, 0.25) is 0 Å². The molecule has 0 fully saturated rings. The van der Waals surface area contributed by atoms with Crippen LogP contribution < -0.4 is 5.32 Å². The second-order valence-electron chi connectivity index (χ2n) is 4.51. The van der Waals surface area contributed by atoms with Gasteiger partial charge in [-0.15, -0.1) is 0 Å². The van der Waals surface area contributed by atoms with Crippen LogP contribution in [0, 0.1) is 12.7 Å². The number of hydrogen-bond donors (Lipinski definition) is 1. The molecule has 0 aromatic heterocycles. The van der Waals surface area contributed by atoms with Crippen LogP contribution in [0.2, 0.25) is 0 Å². The van der Waals surface area contributed by atoms with Crippen molar-refractivity contribution >= 4 is 0 Å². The average molecular weight is 227 g/mol. The molecule has 0 spiro atoms. The lowest BCUT2D eigenvalue weighted by molar-refractivity contribution is 0.622. The molecule has 1 N–H and O–H groups in total. The molecular weight excluding hydrogens is 213 g/mol. The standard InChI is InChI=1S/C15H14FN/c1-10-3-2-4-12-9-17-15(14(10)12)11-5-7-13(16)8-6-11/h2-8,15,17H,9H2,1H3. The van der Waals surface area contributed by atoms with E-state index in [0.29, 0.717) is 0 Å². The number of halogens is 1. The van der Waals surface area contributed by atoms with Crippen LogP contribution in [0.3, 0.4) is 0 Å². The van der Waals surface area contributed by atoms with Crippen LogP contribution in [0.1, 0.15) is 28.3 Å². The van der Waals surface area contributed by atoms with Crippen molar-refractivity contribution in [2.24, 2.45) is 0 Å². The summed E-state index contributed by atoms with van der Waals surface area (Å²) in [7, 11) is 0. The third-order valence-corrected chi connectivity index (χ3v) is 3.40. The maximum absolute atomic E-state index is 12.9. The van der Waals surface area contributed by atoms with Crippen LogP contribution in [-0.2, 0) is 6.54 Å². The van der Waals surface area contributed by atoms with Gasteiger partial charge in [0.15, 0.2) is 0 Å². The van der Waals surface area contributed by atoms with E-state index in [2.05, 4.69) is 30.4 Å². The van der Waals surface area contributed by atoms with Gasteiger partial charge in [-0.25, -0.2) is 4.39 Å². The van der Waals surface area contributed by atoms with Crippen molar-refractivity contribution in [2.45, 2.75) is 19.5 Å². The number of benzene rings is 2. The van der Waals surface area contributed by atoms with Crippen molar-refractivity contribution in [2.75, 3.05) is 0 Å². The summed E-state index contributed by atoms with van der Waals surface area (Å²) in [6.45, 7) is 3.02. The molecule has 0 radical (unpaired) electrons. The van der Waals surface area contributed by atoms with Gasteiger partial charge in [0.05, 0.1) is 6.04 Å². The maximum Gasteiger partial charge on any atom is 0.123 e. The van der Waals surface area contributed by atoms with E-state index < -0.39 is 0 Å². The first-order chi connectivity index (χ1) is 8.25. The molecule has 1 aliphatic rings. The quantitative estimate of drug-likeness (QED) is 0.788. The minimum absolute atomic E-state index is 0.184. The Morgan fingerprint density at radius 3 is 2.65 bits per heavy atom. The highest BCUT2D eigenvalue weighted by Crippen LogP contribution is 2.33. The van der Waals surface area contributed by atoms with Gasteiger partial charge in [0, 0.05) is 6.54 Å². The Morgan fingerprint density at radius 2 is 1.88 bits per heavy atom. The van der Waals surface area contributed by atoms with Crippen molar-refractivity contribution in [1.29, 1.82) is 0 Å². The van der Waals surface area contributed by atoms with Crippen LogP contribution in [0.5, 0.6) is 0 Å². The third-order valence-electron chi connectivity index (χ3n) is 3.40. The summed E-state index contributed by atoms with van der Waals surface area (Å²) in [6.07, 6.45) is 0. The second kappa shape index (κ2) is 3.97. The summed E-state index contributed by atoms with van der Waals surface area (Å²) in [6, 6.07) is 13.3. The Labute approximate surface area is 100 Å². The SMILES string of the molecule is Cc1cccc2c1C(c1ccc(F)cc1)NC2. The highest BCUT2D eigenvalue weighted by atomic mass is 19.1. The molecule has 1 atom stereocenters. The number of rotatable bonds is 1. The predicted octanol–water partition coefficient (Wildman–Crippen LogP) is 3.33. The van der Waals surface area contributed by atoms with E-state index >= 15 is 0 Å². The molecule has 0 saturated heterocycles. The van der Waals surface area contributed by atoms with E-state index in [1.807, 2.05) is 12.1 Å². The molecule has 2 aromatic rings. The van der Waals surface area contributed by atoms with Gasteiger partial charge in [-0.1, -0.05) is 30.3 Å². The first kappa shape index (κ1) is 10.5. The molecule has 0 aliphatic carbocycles. The summed E-state index contributed by atoms with van der Waals surface area (Å²) in [5.41, 5.74) is 5.11. The Kier molecular flexibility index (Phi) is 2.45. The Bertz CT molecular complexity index is 545. The molecule has 17 heavy (non-hydrogen) atoms. The zero-order valence-corrected chi connectivity index (χ0v) is 9.70. The van der Waals surface area contributed by atoms with Gasteiger partial charge in [0.25, 0.3) is 0 Å². The zero-order valence-electron chi connectivity index (χ0n) is 9.70. The fraction of sp³-hybridized carbons (Fsp3) is 0.200. The van der Waals surface area contributed by atoms with E-state index in [-0.39, 0.29) is 11.9 Å². The fourth-order valence-electron chi connectivity index (χ4n) is 2.56. The summed E-state index contributed by atoms with van der Waals surface area (Å²) in [4.78, 5) is 0. The molecule has 1 unspecified atom stereocenters. The Hall–Kier alpha value is -1.67. The van der Waals surface area contributed by atoms with Gasteiger partial charge in [-0.05, 0) is 41.3 Å². The van der Waals surface area contributed by atoms with Gasteiger partial charge in [-0.2, -0.15) is 0 Å². The van der Waals surface area contributed by atoms with E-state index in [9.17, 15) is 4.39 Å². The summed E-state index contributed by atoms with van der Waals surface area (Å²) in [5.74, 6) is -0.184. The molecule has 2 heteroatoms. The largest absolute Gasteiger partial charge is 0.302 e. The van der Waals surface area contributed by atoms with Gasteiger partial charge < -0.3 is 5.32 Å². The van der Waals surface area contributed by atoms with Crippen LogP contribution in [0.4, 0.5) is 4.39 Å². The first-order valence-electron chi connectivity index (χ1n) is 5.83. The fourth-order valence-corrected chi connectivity index (χ4v) is 2.56. The van der Waals surface area contributed by atoms with Crippen molar-refractivity contribution in [3.05, 3.63) is 70.5 Å². The molecule has 3 rings (SSSR count). The highest BCUT2D eigenvalue weighted by Gasteiger charge is 2.24. The zero-order chi connectivity index (χ0) is 11.8. The molecular formula is C15H14FN. The monoisotopic (exact) mass is 227 g/mol.